The second kappa shape index (κ2) is 14.3. The monoisotopic (exact) mass is 576 g/mol. The maximum Gasteiger partial charge on any atom is 0.253 e. The van der Waals surface area contributed by atoms with E-state index in [0.717, 1.165) is 75.3 Å². The van der Waals surface area contributed by atoms with Gasteiger partial charge in [0.05, 0.1) is 18.2 Å². The van der Waals surface area contributed by atoms with Gasteiger partial charge in [-0.3, -0.25) is 9.69 Å². The third-order valence-electron chi connectivity index (χ3n) is 7.71. The van der Waals surface area contributed by atoms with Crippen molar-refractivity contribution >= 4 is 16.8 Å². The average molecular weight is 577 g/mol. The van der Waals surface area contributed by atoms with E-state index in [1.807, 2.05) is 24.4 Å². The van der Waals surface area contributed by atoms with E-state index in [0.29, 0.717) is 23.5 Å². The molecule has 222 valence electrons. The normalized spacial score (nSPS) is 14.5. The van der Waals surface area contributed by atoms with Gasteiger partial charge in [0.1, 0.15) is 29.7 Å². The zero-order chi connectivity index (χ0) is 29.3. The number of fused-ring (bicyclic) bond motifs is 1. The maximum atomic E-state index is 13.6. The highest BCUT2D eigenvalue weighted by Gasteiger charge is 2.19. The van der Waals surface area contributed by atoms with Crippen LogP contribution < -0.4 is 14.8 Å². The highest BCUT2D eigenvalue weighted by molar-refractivity contribution is 6.08. The molecule has 3 aromatic carbocycles. The quantitative estimate of drug-likeness (QED) is 0.247. The smallest absolute Gasteiger partial charge is 0.253 e. The number of ether oxygens (including phenoxy) is 2. The molecule has 0 bridgehead atoms. The van der Waals surface area contributed by atoms with Crippen LogP contribution in [-0.4, -0.2) is 73.3 Å². The number of hydrogen-bond acceptors (Lipinski definition) is 5. The van der Waals surface area contributed by atoms with Crippen LogP contribution in [-0.2, 0) is 13.1 Å². The lowest BCUT2D eigenvalue weighted by Gasteiger charge is -2.22. The zero-order valence-corrected chi connectivity index (χ0v) is 24.0. The minimum Gasteiger partial charge on any atom is -0.495 e. The number of para-hydroxylation sites is 1. The summed E-state index contributed by atoms with van der Waals surface area (Å²) in [6.45, 7) is 7.39. The van der Waals surface area contributed by atoms with Crippen LogP contribution in [0.2, 0.25) is 0 Å². The van der Waals surface area contributed by atoms with Gasteiger partial charge in [0.15, 0.2) is 0 Å². The van der Waals surface area contributed by atoms with Gasteiger partial charge < -0.3 is 24.3 Å². The Balaban J connectivity index is 1.15. The summed E-state index contributed by atoms with van der Waals surface area (Å²) in [5, 5.41) is 3.77. The second-order valence-electron chi connectivity index (χ2n) is 10.6. The molecule has 0 radical (unpaired) electrons. The average Bonchev–Trinajstić information content (AvgIpc) is 3.22. The molecule has 1 amide bonds. The molecule has 0 unspecified atom stereocenters. The molecule has 0 spiro atoms. The number of carbonyl (C=O) groups is 1. The number of nitrogens with one attached hydrogen (secondary N) is 1. The van der Waals surface area contributed by atoms with E-state index in [4.69, 9.17) is 9.47 Å². The highest BCUT2D eigenvalue weighted by atomic mass is 19.1. The Hall–Kier alpha value is -3.95. The van der Waals surface area contributed by atoms with Gasteiger partial charge in [0.25, 0.3) is 5.91 Å². The Morgan fingerprint density at radius 2 is 1.64 bits per heavy atom. The first-order valence-corrected chi connectivity index (χ1v) is 14.5. The summed E-state index contributed by atoms with van der Waals surface area (Å²) in [5.41, 5.74) is 2.19. The van der Waals surface area contributed by atoms with Crippen molar-refractivity contribution in [3.05, 3.63) is 95.7 Å². The summed E-state index contributed by atoms with van der Waals surface area (Å²) in [5.74, 6) is 0.630. The summed E-state index contributed by atoms with van der Waals surface area (Å²) in [6, 6.07) is 18.1. The first kappa shape index (κ1) is 29.5. The Morgan fingerprint density at radius 1 is 0.881 bits per heavy atom. The van der Waals surface area contributed by atoms with E-state index in [2.05, 4.69) is 19.7 Å². The number of amides is 1. The van der Waals surface area contributed by atoms with E-state index >= 15 is 0 Å². The fourth-order valence-corrected chi connectivity index (χ4v) is 5.53. The molecule has 1 aliphatic heterocycles. The van der Waals surface area contributed by atoms with Gasteiger partial charge >= 0.3 is 0 Å². The van der Waals surface area contributed by atoms with E-state index < -0.39 is 0 Å². The molecule has 42 heavy (non-hydrogen) atoms. The molecule has 2 heterocycles. The lowest BCUT2D eigenvalue weighted by atomic mass is 10.1. The van der Waals surface area contributed by atoms with Crippen LogP contribution in [0.25, 0.3) is 10.9 Å². The summed E-state index contributed by atoms with van der Waals surface area (Å²) in [7, 11) is 1.64. The van der Waals surface area contributed by atoms with Crippen LogP contribution >= 0.6 is 0 Å². The van der Waals surface area contributed by atoms with E-state index in [1.165, 1.54) is 24.3 Å². The molecule has 1 fully saturated rings. The fourth-order valence-electron chi connectivity index (χ4n) is 5.53. The van der Waals surface area contributed by atoms with Gasteiger partial charge in [-0.05, 0) is 80.5 Å². The number of methoxy groups -OCH3 is 1. The van der Waals surface area contributed by atoms with Gasteiger partial charge in [-0.2, -0.15) is 0 Å². The van der Waals surface area contributed by atoms with Crippen molar-refractivity contribution in [1.82, 2.24) is 19.7 Å². The topological polar surface area (TPSA) is 59.0 Å². The zero-order valence-electron chi connectivity index (χ0n) is 24.0. The second-order valence-corrected chi connectivity index (χ2v) is 10.6. The largest absolute Gasteiger partial charge is 0.495 e. The van der Waals surface area contributed by atoms with Gasteiger partial charge in [-0.25, -0.2) is 8.78 Å². The number of aryl methyl sites for hydroxylation is 1. The third-order valence-corrected chi connectivity index (χ3v) is 7.71. The van der Waals surface area contributed by atoms with Crippen LogP contribution in [0.4, 0.5) is 8.78 Å². The first-order valence-electron chi connectivity index (χ1n) is 14.5. The first-order chi connectivity index (χ1) is 20.5. The summed E-state index contributed by atoms with van der Waals surface area (Å²) in [6.07, 6.45) is 3.92. The predicted molar refractivity (Wildman–Crippen MR) is 160 cm³/mol. The van der Waals surface area contributed by atoms with Gasteiger partial charge in [-0.15, -0.1) is 0 Å². The SMILES string of the molecule is COc1cccc2c(C(=O)NCc3cccc(F)c3)cn(CCCN3CCCN(CCOc4ccc(F)cc4)CC3)c12. The molecule has 1 aromatic heterocycles. The van der Waals surface area contributed by atoms with Gasteiger partial charge in [0.2, 0.25) is 0 Å². The minimum absolute atomic E-state index is 0.202. The van der Waals surface area contributed by atoms with Crippen LogP contribution in [0.15, 0.2) is 72.9 Å². The number of nitrogens with zero attached hydrogens (tertiary/aromatic N) is 3. The lowest BCUT2D eigenvalue weighted by Crippen LogP contribution is -2.33. The molecule has 1 saturated heterocycles. The maximum absolute atomic E-state index is 13.6. The number of carbonyl (C=O) groups excluding carboxylic acids is 1. The van der Waals surface area contributed by atoms with Crippen LogP contribution in [0.3, 0.4) is 0 Å². The fraction of sp³-hybridized carbons (Fsp3) is 0.364. The Morgan fingerprint density at radius 3 is 2.40 bits per heavy atom. The number of rotatable bonds is 12. The van der Waals surface area contributed by atoms with Crippen molar-refractivity contribution in [3.63, 3.8) is 0 Å². The van der Waals surface area contributed by atoms with Crippen molar-refractivity contribution < 1.29 is 23.0 Å². The Labute approximate surface area is 245 Å². The third kappa shape index (κ3) is 7.66. The van der Waals surface area contributed by atoms with Gasteiger partial charge in [-0.1, -0.05) is 24.3 Å². The Kier molecular flexibility index (Phi) is 10.0. The van der Waals surface area contributed by atoms with E-state index in [9.17, 15) is 13.6 Å². The Bertz CT molecular complexity index is 1470. The molecule has 9 heteroatoms. The molecule has 4 aromatic rings. The van der Waals surface area contributed by atoms with Crippen molar-refractivity contribution in [2.45, 2.75) is 25.9 Å². The molecule has 0 atom stereocenters. The number of hydrogen-bond donors (Lipinski definition) is 1. The molecule has 1 N–H and O–H groups in total. The summed E-state index contributed by atoms with van der Waals surface area (Å²) in [4.78, 5) is 18.1. The number of aromatic nitrogens is 1. The molecule has 0 aliphatic carbocycles. The summed E-state index contributed by atoms with van der Waals surface area (Å²) >= 11 is 0. The van der Waals surface area contributed by atoms with Crippen LogP contribution in [0.5, 0.6) is 11.5 Å². The van der Waals surface area contributed by atoms with Crippen molar-refractivity contribution in [2.24, 2.45) is 0 Å². The van der Waals surface area contributed by atoms with Gasteiger partial charge in [0, 0.05) is 44.3 Å². The molecular formula is C33H38F2N4O3. The lowest BCUT2D eigenvalue weighted by molar-refractivity contribution is 0.0952. The predicted octanol–water partition coefficient (Wildman–Crippen LogP) is 5.33. The van der Waals surface area contributed by atoms with Crippen molar-refractivity contribution in [2.75, 3.05) is 53.0 Å². The molecular weight excluding hydrogens is 538 g/mol. The molecule has 1 aliphatic rings. The number of benzene rings is 3. The van der Waals surface area contributed by atoms with E-state index in [1.54, 1.807) is 31.4 Å². The van der Waals surface area contributed by atoms with Crippen LogP contribution in [0.1, 0.15) is 28.8 Å². The highest BCUT2D eigenvalue weighted by Crippen LogP contribution is 2.30. The summed E-state index contributed by atoms with van der Waals surface area (Å²) < 4.78 is 40.2. The van der Waals surface area contributed by atoms with Crippen LogP contribution in [0, 0.1) is 11.6 Å². The van der Waals surface area contributed by atoms with Crippen molar-refractivity contribution in [3.8, 4) is 11.5 Å². The molecule has 0 saturated carbocycles. The standard InChI is InChI=1S/C33H38F2N4O3/c1-41-31-9-3-8-29-30(33(40)36-23-25-6-2-7-27(35)22-25)24-39(32(29)31)17-5-16-37-14-4-15-38(19-18-37)20-21-42-28-12-10-26(34)11-13-28/h2-3,6-13,22,24H,4-5,14-21,23H2,1H3,(H,36,40). The number of halogens is 2. The van der Waals surface area contributed by atoms with Crippen molar-refractivity contribution in [1.29, 1.82) is 0 Å². The molecule has 7 nitrogen and oxygen atoms in total. The molecule has 5 rings (SSSR count). The van der Waals surface area contributed by atoms with E-state index in [-0.39, 0.29) is 24.1 Å². The minimum atomic E-state index is -0.323.